The van der Waals surface area contributed by atoms with E-state index in [1.165, 1.54) is 37.9 Å². The molecule has 0 bridgehead atoms. The maximum atomic E-state index is 12.3. The Morgan fingerprint density at radius 1 is 0.889 bits per heavy atom. The number of benzene rings is 2. The van der Waals surface area contributed by atoms with E-state index in [0.29, 0.717) is 12.6 Å². The lowest BCUT2D eigenvalue weighted by Gasteiger charge is -2.47. The first-order chi connectivity index (χ1) is 13.3. The third-order valence-corrected chi connectivity index (χ3v) is 5.97. The van der Waals surface area contributed by atoms with E-state index in [-0.39, 0.29) is 6.03 Å². The van der Waals surface area contributed by atoms with Crippen molar-refractivity contribution >= 4 is 6.03 Å². The summed E-state index contributed by atoms with van der Waals surface area (Å²) in [7, 11) is 0. The highest BCUT2D eigenvalue weighted by atomic mass is 16.2. The van der Waals surface area contributed by atoms with Gasteiger partial charge in [0.2, 0.25) is 0 Å². The standard InChI is InChI=1S/C23H29N3O/c27-23(24-16-21-9-5-2-6-10-21)26-17-22(18-26)25-13-11-20(12-14-25)15-19-7-3-1-4-8-19/h1-10,20,22H,11-18H2,(H,24,27). The Balaban J connectivity index is 1.16. The van der Waals surface area contributed by atoms with Crippen molar-refractivity contribution in [3.63, 3.8) is 0 Å². The molecule has 2 saturated heterocycles. The molecular formula is C23H29N3O. The quantitative estimate of drug-likeness (QED) is 0.882. The molecule has 0 radical (unpaired) electrons. The van der Waals surface area contributed by atoms with Gasteiger partial charge in [0, 0.05) is 25.7 Å². The van der Waals surface area contributed by atoms with E-state index in [1.54, 1.807) is 0 Å². The number of hydrogen-bond donors (Lipinski definition) is 1. The molecule has 2 aromatic carbocycles. The predicted octanol–water partition coefficient (Wildman–Crippen LogP) is 3.54. The molecule has 0 unspecified atom stereocenters. The molecule has 2 aromatic rings. The molecule has 0 atom stereocenters. The average molecular weight is 364 g/mol. The van der Waals surface area contributed by atoms with Crippen LogP contribution in [0.15, 0.2) is 60.7 Å². The maximum Gasteiger partial charge on any atom is 0.317 e. The van der Waals surface area contributed by atoms with E-state index in [0.717, 1.165) is 24.6 Å². The number of piperidine rings is 1. The van der Waals surface area contributed by atoms with Gasteiger partial charge in [0.05, 0.1) is 0 Å². The van der Waals surface area contributed by atoms with Gasteiger partial charge in [0.25, 0.3) is 0 Å². The third-order valence-electron chi connectivity index (χ3n) is 5.97. The van der Waals surface area contributed by atoms with E-state index < -0.39 is 0 Å². The van der Waals surface area contributed by atoms with Gasteiger partial charge in [-0.25, -0.2) is 4.79 Å². The van der Waals surface area contributed by atoms with Crippen LogP contribution in [0.3, 0.4) is 0 Å². The van der Waals surface area contributed by atoms with Crippen LogP contribution >= 0.6 is 0 Å². The molecule has 2 heterocycles. The molecule has 27 heavy (non-hydrogen) atoms. The normalized spacial score (nSPS) is 18.9. The Bertz CT molecular complexity index is 720. The fraction of sp³-hybridized carbons (Fsp3) is 0.435. The highest BCUT2D eigenvalue weighted by Gasteiger charge is 2.36. The Kier molecular flexibility index (Phi) is 5.73. The average Bonchev–Trinajstić information content (AvgIpc) is 2.68. The van der Waals surface area contributed by atoms with E-state index >= 15 is 0 Å². The first kappa shape index (κ1) is 18.1. The summed E-state index contributed by atoms with van der Waals surface area (Å²) >= 11 is 0. The minimum Gasteiger partial charge on any atom is -0.334 e. The van der Waals surface area contributed by atoms with E-state index in [4.69, 9.17) is 0 Å². The fourth-order valence-corrected chi connectivity index (χ4v) is 4.21. The Labute approximate surface area is 162 Å². The van der Waals surface area contributed by atoms with Crippen LogP contribution in [0.25, 0.3) is 0 Å². The summed E-state index contributed by atoms with van der Waals surface area (Å²) in [6.45, 7) is 4.67. The van der Waals surface area contributed by atoms with E-state index in [2.05, 4.69) is 40.5 Å². The second-order valence-electron chi connectivity index (χ2n) is 7.87. The molecular weight excluding hydrogens is 334 g/mol. The van der Waals surface area contributed by atoms with Crippen molar-refractivity contribution in [1.29, 1.82) is 0 Å². The summed E-state index contributed by atoms with van der Waals surface area (Å²) in [6, 6.07) is 21.5. The summed E-state index contributed by atoms with van der Waals surface area (Å²) in [6.07, 6.45) is 3.74. The minimum absolute atomic E-state index is 0.0640. The zero-order valence-corrected chi connectivity index (χ0v) is 15.9. The van der Waals surface area contributed by atoms with Crippen LogP contribution in [0.1, 0.15) is 24.0 Å². The molecule has 2 amide bonds. The Morgan fingerprint density at radius 3 is 2.11 bits per heavy atom. The molecule has 0 aliphatic carbocycles. The molecule has 0 spiro atoms. The summed E-state index contributed by atoms with van der Waals surface area (Å²) < 4.78 is 0. The zero-order chi connectivity index (χ0) is 18.5. The van der Waals surface area contributed by atoms with Gasteiger partial charge in [-0.1, -0.05) is 60.7 Å². The number of rotatable bonds is 5. The van der Waals surface area contributed by atoms with Crippen LogP contribution < -0.4 is 5.32 Å². The van der Waals surface area contributed by atoms with Crippen molar-refractivity contribution in [3.05, 3.63) is 71.8 Å². The number of nitrogens with one attached hydrogen (secondary N) is 1. The number of hydrogen-bond acceptors (Lipinski definition) is 2. The first-order valence-corrected chi connectivity index (χ1v) is 10.1. The molecule has 4 heteroatoms. The second-order valence-corrected chi connectivity index (χ2v) is 7.87. The number of nitrogens with zero attached hydrogens (tertiary/aromatic N) is 2. The maximum absolute atomic E-state index is 12.3. The smallest absolute Gasteiger partial charge is 0.317 e. The van der Waals surface area contributed by atoms with Gasteiger partial charge in [-0.05, 0) is 49.4 Å². The molecule has 0 aromatic heterocycles. The SMILES string of the molecule is O=C(NCc1ccccc1)N1CC(N2CCC(Cc3ccccc3)CC2)C1. The summed E-state index contributed by atoms with van der Waals surface area (Å²) in [5.74, 6) is 0.800. The second kappa shape index (κ2) is 8.57. The molecule has 4 rings (SSSR count). The monoisotopic (exact) mass is 363 g/mol. The summed E-state index contributed by atoms with van der Waals surface area (Å²) in [5, 5.41) is 3.03. The third kappa shape index (κ3) is 4.69. The summed E-state index contributed by atoms with van der Waals surface area (Å²) in [5.41, 5.74) is 2.60. The number of carbonyl (C=O) groups is 1. The number of likely N-dealkylation sites (tertiary alicyclic amines) is 2. The first-order valence-electron chi connectivity index (χ1n) is 10.1. The van der Waals surface area contributed by atoms with E-state index in [1.807, 2.05) is 35.2 Å². The lowest BCUT2D eigenvalue weighted by molar-refractivity contribution is 0.0346. The van der Waals surface area contributed by atoms with Crippen molar-refractivity contribution in [1.82, 2.24) is 15.1 Å². The number of amides is 2. The van der Waals surface area contributed by atoms with Gasteiger partial charge < -0.3 is 10.2 Å². The highest BCUT2D eigenvalue weighted by molar-refractivity contribution is 5.75. The van der Waals surface area contributed by atoms with Gasteiger partial charge in [-0.2, -0.15) is 0 Å². The molecule has 2 aliphatic heterocycles. The van der Waals surface area contributed by atoms with Crippen LogP contribution in [0.4, 0.5) is 4.79 Å². The lowest BCUT2D eigenvalue weighted by atomic mass is 9.89. The van der Waals surface area contributed by atoms with Crippen molar-refractivity contribution in [2.75, 3.05) is 26.2 Å². The fourth-order valence-electron chi connectivity index (χ4n) is 4.21. The van der Waals surface area contributed by atoms with Gasteiger partial charge in [-0.15, -0.1) is 0 Å². The largest absolute Gasteiger partial charge is 0.334 e. The van der Waals surface area contributed by atoms with Crippen LogP contribution in [0.2, 0.25) is 0 Å². The van der Waals surface area contributed by atoms with Crippen molar-refractivity contribution in [2.24, 2.45) is 5.92 Å². The summed E-state index contributed by atoms with van der Waals surface area (Å²) in [4.78, 5) is 16.8. The molecule has 2 fully saturated rings. The van der Waals surface area contributed by atoms with Gasteiger partial charge in [-0.3, -0.25) is 4.90 Å². The topological polar surface area (TPSA) is 35.6 Å². The van der Waals surface area contributed by atoms with Crippen molar-refractivity contribution in [2.45, 2.75) is 31.8 Å². The number of carbonyl (C=O) groups excluding carboxylic acids is 1. The Morgan fingerprint density at radius 2 is 1.48 bits per heavy atom. The number of urea groups is 1. The highest BCUT2D eigenvalue weighted by Crippen LogP contribution is 2.25. The van der Waals surface area contributed by atoms with Gasteiger partial charge in [0.15, 0.2) is 0 Å². The predicted molar refractivity (Wildman–Crippen MR) is 108 cm³/mol. The van der Waals surface area contributed by atoms with Gasteiger partial charge in [0.1, 0.15) is 0 Å². The molecule has 0 saturated carbocycles. The van der Waals surface area contributed by atoms with Crippen LogP contribution in [-0.2, 0) is 13.0 Å². The van der Waals surface area contributed by atoms with Crippen LogP contribution in [0, 0.1) is 5.92 Å². The zero-order valence-electron chi connectivity index (χ0n) is 15.9. The van der Waals surface area contributed by atoms with Crippen LogP contribution in [0.5, 0.6) is 0 Å². The minimum atomic E-state index is 0.0640. The van der Waals surface area contributed by atoms with E-state index in [9.17, 15) is 4.79 Å². The van der Waals surface area contributed by atoms with Crippen LogP contribution in [-0.4, -0.2) is 48.1 Å². The molecule has 2 aliphatic rings. The molecule has 142 valence electrons. The van der Waals surface area contributed by atoms with Crippen molar-refractivity contribution in [3.8, 4) is 0 Å². The molecule has 1 N–H and O–H groups in total. The molecule has 4 nitrogen and oxygen atoms in total. The Hall–Kier alpha value is -2.33. The lowest BCUT2D eigenvalue weighted by Crippen LogP contribution is -2.63. The van der Waals surface area contributed by atoms with Crippen molar-refractivity contribution < 1.29 is 4.79 Å². The van der Waals surface area contributed by atoms with Gasteiger partial charge >= 0.3 is 6.03 Å².